The lowest BCUT2D eigenvalue weighted by Crippen LogP contribution is -2.66. The van der Waals surface area contributed by atoms with Crippen molar-refractivity contribution in [3.8, 4) is 0 Å². The van der Waals surface area contributed by atoms with Gasteiger partial charge in [0.25, 0.3) is 0 Å². The van der Waals surface area contributed by atoms with Crippen LogP contribution in [0.1, 0.15) is 13.8 Å². The number of carbonyl (C=O) groups is 1. The molecule has 1 saturated heterocycles. The summed E-state index contributed by atoms with van der Waals surface area (Å²) in [5.74, 6) is 0.158. The smallest absolute Gasteiger partial charge is 0.410 e. The van der Waals surface area contributed by atoms with Gasteiger partial charge in [-0.3, -0.25) is 0 Å². The maximum Gasteiger partial charge on any atom is 0.410 e. The van der Waals surface area contributed by atoms with E-state index in [0.717, 1.165) is 0 Å². The van der Waals surface area contributed by atoms with Crippen LogP contribution in [0.15, 0.2) is 12.7 Å². The molecular weight excluding hydrogens is 182 g/mol. The maximum absolute atomic E-state index is 11.2. The predicted molar refractivity (Wildman–Crippen MR) is 52.9 cm³/mol. The lowest BCUT2D eigenvalue weighted by Gasteiger charge is -2.48. The minimum atomic E-state index is -0.729. The Balaban J connectivity index is 2.33. The highest BCUT2D eigenvalue weighted by molar-refractivity contribution is 5.69. The lowest BCUT2D eigenvalue weighted by molar-refractivity contribution is -0.116. The zero-order valence-electron chi connectivity index (χ0n) is 8.69. The molecule has 1 rings (SSSR count). The molecule has 4 heteroatoms. The fraction of sp³-hybridized carbons (Fsp3) is 0.700. The molecule has 1 aliphatic rings. The molecule has 14 heavy (non-hydrogen) atoms. The second-order valence-electron chi connectivity index (χ2n) is 3.98. The van der Waals surface area contributed by atoms with E-state index in [1.807, 2.05) is 13.8 Å². The zero-order chi connectivity index (χ0) is 10.8. The van der Waals surface area contributed by atoms with E-state index < -0.39 is 5.60 Å². The van der Waals surface area contributed by atoms with Crippen LogP contribution >= 0.6 is 0 Å². The van der Waals surface area contributed by atoms with Gasteiger partial charge in [0.2, 0.25) is 0 Å². The van der Waals surface area contributed by atoms with Crippen LogP contribution in [0.5, 0.6) is 0 Å². The van der Waals surface area contributed by atoms with Gasteiger partial charge in [-0.15, -0.1) is 0 Å². The Morgan fingerprint density at radius 3 is 2.71 bits per heavy atom. The molecule has 0 bridgehead atoms. The summed E-state index contributed by atoms with van der Waals surface area (Å²) >= 11 is 0. The average Bonchev–Trinajstić information content (AvgIpc) is 2.08. The first-order chi connectivity index (χ1) is 6.49. The molecule has 1 fully saturated rings. The molecule has 1 heterocycles. The van der Waals surface area contributed by atoms with Crippen LogP contribution in [0.2, 0.25) is 0 Å². The number of carbonyl (C=O) groups excluding carboxylic acids is 1. The van der Waals surface area contributed by atoms with Crippen molar-refractivity contribution in [3.63, 3.8) is 0 Å². The highest BCUT2D eigenvalue weighted by Crippen LogP contribution is 2.28. The Bertz CT molecular complexity index is 232. The standard InChI is InChI=1S/C10H17NO3/c1-4-5-14-9(12)11-6-10(13,7-11)8(2)3/h4,8,13H,1,5-7H2,2-3H3. The van der Waals surface area contributed by atoms with Crippen LogP contribution in [0, 0.1) is 5.92 Å². The number of nitrogens with zero attached hydrogens (tertiary/aromatic N) is 1. The van der Waals surface area contributed by atoms with E-state index in [0.29, 0.717) is 13.1 Å². The van der Waals surface area contributed by atoms with Crippen LogP contribution in [0.25, 0.3) is 0 Å². The number of hydrogen-bond donors (Lipinski definition) is 1. The van der Waals surface area contributed by atoms with Crippen molar-refractivity contribution < 1.29 is 14.6 Å². The molecule has 0 aromatic heterocycles. The monoisotopic (exact) mass is 199 g/mol. The maximum atomic E-state index is 11.2. The van der Waals surface area contributed by atoms with Gasteiger partial charge in [-0.05, 0) is 5.92 Å². The van der Waals surface area contributed by atoms with E-state index >= 15 is 0 Å². The third kappa shape index (κ3) is 2.07. The second kappa shape index (κ2) is 4.00. The summed E-state index contributed by atoms with van der Waals surface area (Å²) in [6.07, 6.45) is 1.14. The van der Waals surface area contributed by atoms with Gasteiger partial charge < -0.3 is 14.7 Å². The van der Waals surface area contributed by atoms with E-state index in [9.17, 15) is 9.90 Å². The number of rotatable bonds is 3. The summed E-state index contributed by atoms with van der Waals surface area (Å²) < 4.78 is 4.83. The lowest BCUT2D eigenvalue weighted by atomic mass is 9.83. The second-order valence-corrected chi connectivity index (χ2v) is 3.98. The Morgan fingerprint density at radius 2 is 2.29 bits per heavy atom. The first-order valence-corrected chi connectivity index (χ1v) is 4.74. The Hall–Kier alpha value is -1.03. The van der Waals surface area contributed by atoms with Gasteiger partial charge in [-0.25, -0.2) is 4.79 Å². The molecule has 4 nitrogen and oxygen atoms in total. The minimum Gasteiger partial charge on any atom is -0.445 e. The van der Waals surface area contributed by atoms with Crippen molar-refractivity contribution in [1.29, 1.82) is 0 Å². The fourth-order valence-corrected chi connectivity index (χ4v) is 1.33. The molecule has 0 spiro atoms. The van der Waals surface area contributed by atoms with Crippen LogP contribution < -0.4 is 0 Å². The van der Waals surface area contributed by atoms with Crippen LogP contribution in [-0.4, -0.2) is 41.4 Å². The molecule has 0 aromatic rings. The van der Waals surface area contributed by atoms with Crippen LogP contribution in [0.4, 0.5) is 4.79 Å². The molecule has 80 valence electrons. The van der Waals surface area contributed by atoms with Crippen molar-refractivity contribution in [2.75, 3.05) is 19.7 Å². The third-order valence-electron chi connectivity index (χ3n) is 2.59. The van der Waals surface area contributed by atoms with Gasteiger partial charge in [-0.2, -0.15) is 0 Å². The summed E-state index contributed by atoms with van der Waals surface area (Å²) in [6, 6.07) is 0. The van der Waals surface area contributed by atoms with E-state index in [2.05, 4.69) is 6.58 Å². The molecular formula is C10H17NO3. The zero-order valence-corrected chi connectivity index (χ0v) is 8.69. The molecule has 1 amide bonds. The number of amides is 1. The predicted octanol–water partition coefficient (Wildman–Crippen LogP) is 1.01. The number of hydrogen-bond acceptors (Lipinski definition) is 3. The molecule has 1 N–H and O–H groups in total. The highest BCUT2D eigenvalue weighted by Gasteiger charge is 2.46. The number of β-amino-alcohol motifs (C(OH)–C–C–N with tert-alkyl or cyclic N) is 1. The Morgan fingerprint density at radius 1 is 1.71 bits per heavy atom. The van der Waals surface area contributed by atoms with Crippen LogP contribution in [0.3, 0.4) is 0 Å². The van der Waals surface area contributed by atoms with Crippen molar-refractivity contribution in [3.05, 3.63) is 12.7 Å². The summed E-state index contributed by atoms with van der Waals surface area (Å²) in [4.78, 5) is 12.7. The van der Waals surface area contributed by atoms with Gasteiger partial charge in [0.15, 0.2) is 0 Å². The van der Waals surface area contributed by atoms with Gasteiger partial charge in [0, 0.05) is 0 Å². The Labute approximate surface area is 84.2 Å². The number of ether oxygens (including phenoxy) is 1. The summed E-state index contributed by atoms with van der Waals surface area (Å²) in [5, 5.41) is 9.86. The van der Waals surface area contributed by atoms with E-state index in [-0.39, 0.29) is 18.6 Å². The largest absolute Gasteiger partial charge is 0.445 e. The van der Waals surface area contributed by atoms with Gasteiger partial charge in [0.1, 0.15) is 12.2 Å². The molecule has 1 aliphatic heterocycles. The summed E-state index contributed by atoms with van der Waals surface area (Å²) in [6.45, 7) is 8.26. The number of likely N-dealkylation sites (tertiary alicyclic amines) is 1. The first kappa shape index (κ1) is 11.0. The molecule has 0 aromatic carbocycles. The summed E-state index contributed by atoms with van der Waals surface area (Å²) in [7, 11) is 0. The molecule has 0 radical (unpaired) electrons. The average molecular weight is 199 g/mol. The van der Waals surface area contributed by atoms with Crippen molar-refractivity contribution >= 4 is 6.09 Å². The Kier molecular flexibility index (Phi) is 3.16. The topological polar surface area (TPSA) is 49.8 Å². The molecule has 0 atom stereocenters. The molecule has 0 aliphatic carbocycles. The van der Waals surface area contributed by atoms with Crippen molar-refractivity contribution in [1.82, 2.24) is 4.90 Å². The normalized spacial score (nSPS) is 19.0. The quantitative estimate of drug-likeness (QED) is 0.690. The van der Waals surface area contributed by atoms with E-state index in [1.54, 1.807) is 0 Å². The van der Waals surface area contributed by atoms with Crippen molar-refractivity contribution in [2.45, 2.75) is 19.4 Å². The van der Waals surface area contributed by atoms with Crippen molar-refractivity contribution in [2.24, 2.45) is 5.92 Å². The molecule has 0 unspecified atom stereocenters. The minimum absolute atomic E-state index is 0.158. The third-order valence-corrected chi connectivity index (χ3v) is 2.59. The first-order valence-electron chi connectivity index (χ1n) is 4.74. The fourth-order valence-electron chi connectivity index (χ4n) is 1.33. The van der Waals surface area contributed by atoms with Gasteiger partial charge in [-0.1, -0.05) is 26.5 Å². The summed E-state index contributed by atoms with van der Waals surface area (Å²) in [5.41, 5.74) is -0.729. The molecule has 0 saturated carbocycles. The number of aliphatic hydroxyl groups is 1. The van der Waals surface area contributed by atoms with Gasteiger partial charge >= 0.3 is 6.09 Å². The van der Waals surface area contributed by atoms with Crippen LogP contribution in [-0.2, 0) is 4.74 Å². The van der Waals surface area contributed by atoms with E-state index in [1.165, 1.54) is 11.0 Å². The van der Waals surface area contributed by atoms with Gasteiger partial charge in [0.05, 0.1) is 13.1 Å². The highest BCUT2D eigenvalue weighted by atomic mass is 16.6. The van der Waals surface area contributed by atoms with E-state index in [4.69, 9.17) is 4.74 Å². The SMILES string of the molecule is C=CCOC(=O)N1CC(O)(C(C)C)C1.